The van der Waals surface area contributed by atoms with Crippen LogP contribution in [0.2, 0.25) is 0 Å². The second kappa shape index (κ2) is 6.89. The summed E-state index contributed by atoms with van der Waals surface area (Å²) in [5.74, 6) is -0.264. The third-order valence-electron chi connectivity index (χ3n) is 5.26. The Hall–Kier alpha value is -1.95. The minimum absolute atomic E-state index is 0.0192. The van der Waals surface area contributed by atoms with E-state index in [1.165, 1.54) is 12.8 Å². The number of likely N-dealkylation sites (tertiary alicyclic amines) is 1. The SMILES string of the molecule is CN(CCN(C)C1CC1)C(=O)[C@@H]1CC(=O)N(C)[C@H]1c1cccnc1. The van der Waals surface area contributed by atoms with Gasteiger partial charge in [-0.1, -0.05) is 6.07 Å². The fourth-order valence-electron chi connectivity index (χ4n) is 3.50. The number of nitrogens with zero attached hydrogens (tertiary/aromatic N) is 4. The Morgan fingerprint density at radius 3 is 2.71 bits per heavy atom. The summed E-state index contributed by atoms with van der Waals surface area (Å²) in [5, 5.41) is 0. The molecule has 0 spiro atoms. The molecular formula is C18H26N4O2. The number of aromatic nitrogens is 1. The number of hydrogen-bond donors (Lipinski definition) is 0. The van der Waals surface area contributed by atoms with Crippen LogP contribution in [0, 0.1) is 5.92 Å². The van der Waals surface area contributed by atoms with Crippen LogP contribution < -0.4 is 0 Å². The maximum absolute atomic E-state index is 12.9. The molecule has 0 N–H and O–H groups in total. The number of likely N-dealkylation sites (N-methyl/N-ethyl adjacent to an activating group) is 2. The Morgan fingerprint density at radius 1 is 1.33 bits per heavy atom. The van der Waals surface area contributed by atoms with Gasteiger partial charge in [-0.15, -0.1) is 0 Å². The van der Waals surface area contributed by atoms with Crippen molar-refractivity contribution >= 4 is 11.8 Å². The van der Waals surface area contributed by atoms with Crippen LogP contribution in [0.3, 0.4) is 0 Å². The molecule has 1 aromatic heterocycles. The minimum Gasteiger partial charge on any atom is -0.344 e. The summed E-state index contributed by atoms with van der Waals surface area (Å²) in [5.41, 5.74) is 0.924. The number of amides is 2. The molecule has 2 atom stereocenters. The molecule has 0 unspecified atom stereocenters. The lowest BCUT2D eigenvalue weighted by Crippen LogP contribution is -2.40. The van der Waals surface area contributed by atoms with Gasteiger partial charge >= 0.3 is 0 Å². The quantitative estimate of drug-likeness (QED) is 0.785. The molecule has 0 radical (unpaired) electrons. The molecule has 6 heteroatoms. The summed E-state index contributed by atoms with van der Waals surface area (Å²) in [6.45, 7) is 1.57. The Labute approximate surface area is 143 Å². The van der Waals surface area contributed by atoms with E-state index in [1.807, 2.05) is 19.2 Å². The van der Waals surface area contributed by atoms with Crippen LogP contribution in [0.5, 0.6) is 0 Å². The van der Waals surface area contributed by atoms with Gasteiger partial charge in [0.05, 0.1) is 12.0 Å². The third-order valence-corrected chi connectivity index (χ3v) is 5.26. The van der Waals surface area contributed by atoms with Crippen molar-refractivity contribution in [2.75, 3.05) is 34.2 Å². The molecule has 2 heterocycles. The smallest absolute Gasteiger partial charge is 0.228 e. The first-order valence-corrected chi connectivity index (χ1v) is 8.60. The Balaban J connectivity index is 1.68. The van der Waals surface area contributed by atoms with Crippen molar-refractivity contribution in [1.82, 2.24) is 19.7 Å². The summed E-state index contributed by atoms with van der Waals surface area (Å²) in [6.07, 6.45) is 6.26. The van der Waals surface area contributed by atoms with E-state index in [2.05, 4.69) is 16.9 Å². The van der Waals surface area contributed by atoms with Crippen LogP contribution in [0.15, 0.2) is 24.5 Å². The molecule has 2 amide bonds. The zero-order chi connectivity index (χ0) is 17.3. The van der Waals surface area contributed by atoms with E-state index in [1.54, 1.807) is 29.2 Å². The zero-order valence-corrected chi connectivity index (χ0v) is 14.7. The zero-order valence-electron chi connectivity index (χ0n) is 14.7. The van der Waals surface area contributed by atoms with Crippen molar-refractivity contribution in [1.29, 1.82) is 0 Å². The van der Waals surface area contributed by atoms with Gasteiger partial charge in [0.1, 0.15) is 0 Å². The minimum atomic E-state index is -0.331. The van der Waals surface area contributed by atoms with Gasteiger partial charge in [0, 0.05) is 52.0 Å². The number of hydrogen-bond acceptors (Lipinski definition) is 4. The predicted molar refractivity (Wildman–Crippen MR) is 91.1 cm³/mol. The molecule has 0 aromatic carbocycles. The average molecular weight is 330 g/mol. The largest absolute Gasteiger partial charge is 0.344 e. The normalized spacial score (nSPS) is 23.8. The molecule has 0 bridgehead atoms. The summed E-state index contributed by atoms with van der Waals surface area (Å²) < 4.78 is 0. The van der Waals surface area contributed by atoms with E-state index in [0.717, 1.165) is 12.1 Å². The van der Waals surface area contributed by atoms with Gasteiger partial charge in [-0.3, -0.25) is 14.6 Å². The standard InChI is InChI=1S/C18H26N4O2/c1-20(14-6-7-14)9-10-21(2)18(24)15-11-16(23)22(3)17(15)13-5-4-8-19-12-13/h4-5,8,12,14-15,17H,6-7,9-11H2,1-3H3/t15-,17+/m1/s1. The Kier molecular flexibility index (Phi) is 4.85. The van der Waals surface area contributed by atoms with Gasteiger partial charge in [-0.05, 0) is 31.5 Å². The highest BCUT2D eigenvalue weighted by molar-refractivity contribution is 5.90. The van der Waals surface area contributed by atoms with E-state index < -0.39 is 0 Å². The van der Waals surface area contributed by atoms with Gasteiger partial charge in [0.15, 0.2) is 0 Å². The molecule has 1 aliphatic carbocycles. The molecule has 6 nitrogen and oxygen atoms in total. The molecule has 3 rings (SSSR count). The number of pyridine rings is 1. The highest BCUT2D eigenvalue weighted by Crippen LogP contribution is 2.37. The average Bonchev–Trinajstić information content (AvgIpc) is 3.39. The first-order chi connectivity index (χ1) is 11.5. The van der Waals surface area contributed by atoms with Crippen molar-refractivity contribution in [2.45, 2.75) is 31.3 Å². The van der Waals surface area contributed by atoms with Gasteiger partial charge in [-0.25, -0.2) is 0 Å². The predicted octanol–water partition coefficient (Wildman–Crippen LogP) is 1.15. The number of carbonyl (C=O) groups excluding carboxylic acids is 2. The molecular weight excluding hydrogens is 304 g/mol. The van der Waals surface area contributed by atoms with Crippen molar-refractivity contribution in [3.05, 3.63) is 30.1 Å². The Morgan fingerprint density at radius 2 is 2.08 bits per heavy atom. The van der Waals surface area contributed by atoms with Gasteiger partial charge < -0.3 is 14.7 Å². The first kappa shape index (κ1) is 16.9. The lowest BCUT2D eigenvalue weighted by atomic mass is 9.93. The summed E-state index contributed by atoms with van der Waals surface area (Å²) in [4.78, 5) is 35.0. The first-order valence-electron chi connectivity index (χ1n) is 8.60. The molecule has 1 saturated carbocycles. The van der Waals surface area contributed by atoms with E-state index >= 15 is 0 Å². The molecule has 2 fully saturated rings. The van der Waals surface area contributed by atoms with Crippen LogP contribution in [0.25, 0.3) is 0 Å². The maximum Gasteiger partial charge on any atom is 0.228 e. The van der Waals surface area contributed by atoms with Crippen molar-refractivity contribution < 1.29 is 9.59 Å². The summed E-state index contributed by atoms with van der Waals surface area (Å²) >= 11 is 0. The highest BCUT2D eigenvalue weighted by atomic mass is 16.2. The molecule has 24 heavy (non-hydrogen) atoms. The monoisotopic (exact) mass is 330 g/mol. The van der Waals surface area contributed by atoms with Crippen LogP contribution >= 0.6 is 0 Å². The van der Waals surface area contributed by atoms with Crippen molar-refractivity contribution in [2.24, 2.45) is 5.92 Å². The summed E-state index contributed by atoms with van der Waals surface area (Å²) in [6, 6.07) is 4.26. The maximum atomic E-state index is 12.9. The lowest BCUT2D eigenvalue weighted by Gasteiger charge is -2.28. The fraction of sp³-hybridized carbons (Fsp3) is 0.611. The van der Waals surface area contributed by atoms with Gasteiger partial charge in [0.2, 0.25) is 11.8 Å². The van der Waals surface area contributed by atoms with Gasteiger partial charge in [-0.2, -0.15) is 0 Å². The highest BCUT2D eigenvalue weighted by Gasteiger charge is 2.43. The van der Waals surface area contributed by atoms with Gasteiger partial charge in [0.25, 0.3) is 0 Å². The van der Waals surface area contributed by atoms with E-state index in [9.17, 15) is 9.59 Å². The van der Waals surface area contributed by atoms with E-state index in [0.29, 0.717) is 12.6 Å². The van der Waals surface area contributed by atoms with Crippen LogP contribution in [0.4, 0.5) is 0 Å². The second-order valence-corrected chi connectivity index (χ2v) is 7.02. The molecule has 2 aliphatic rings. The van der Waals surface area contributed by atoms with Crippen molar-refractivity contribution in [3.63, 3.8) is 0 Å². The topological polar surface area (TPSA) is 56.8 Å². The number of carbonyl (C=O) groups is 2. The van der Waals surface area contributed by atoms with E-state index in [-0.39, 0.29) is 30.2 Å². The third kappa shape index (κ3) is 3.43. The summed E-state index contributed by atoms with van der Waals surface area (Å²) in [7, 11) is 5.72. The van der Waals surface area contributed by atoms with Crippen LogP contribution in [-0.4, -0.2) is 71.8 Å². The van der Waals surface area contributed by atoms with E-state index in [4.69, 9.17) is 0 Å². The Bertz CT molecular complexity index is 602. The second-order valence-electron chi connectivity index (χ2n) is 7.02. The van der Waals surface area contributed by atoms with Crippen molar-refractivity contribution in [3.8, 4) is 0 Å². The van der Waals surface area contributed by atoms with Crippen LogP contribution in [-0.2, 0) is 9.59 Å². The molecule has 1 aromatic rings. The molecule has 130 valence electrons. The lowest BCUT2D eigenvalue weighted by molar-refractivity contribution is -0.135. The molecule has 1 saturated heterocycles. The number of rotatable bonds is 6. The van der Waals surface area contributed by atoms with Crippen LogP contribution in [0.1, 0.15) is 30.9 Å². The fourth-order valence-corrected chi connectivity index (χ4v) is 3.50. The molecule has 1 aliphatic heterocycles.